The Morgan fingerprint density at radius 3 is 2.52 bits per heavy atom. The van der Waals surface area contributed by atoms with E-state index in [1.165, 1.54) is 0 Å². The van der Waals surface area contributed by atoms with Gasteiger partial charge in [-0.05, 0) is 43.3 Å². The first-order valence-corrected chi connectivity index (χ1v) is 6.62. The first-order valence-electron chi connectivity index (χ1n) is 6.62. The summed E-state index contributed by atoms with van der Waals surface area (Å²) in [5.74, 6) is 0.896. The van der Waals surface area contributed by atoms with Crippen molar-refractivity contribution in [1.82, 2.24) is 0 Å². The van der Waals surface area contributed by atoms with Gasteiger partial charge in [0.15, 0.2) is 0 Å². The first kappa shape index (κ1) is 14.7. The lowest BCUT2D eigenvalue weighted by Gasteiger charge is -2.13. The predicted octanol–water partition coefficient (Wildman–Crippen LogP) is 2.93. The molecule has 0 atom stereocenters. The van der Waals surface area contributed by atoms with Crippen LogP contribution in [-0.4, -0.2) is 19.6 Å². The fourth-order valence-electron chi connectivity index (χ4n) is 1.93. The van der Waals surface area contributed by atoms with E-state index in [4.69, 9.17) is 15.2 Å². The van der Waals surface area contributed by atoms with E-state index in [1.807, 2.05) is 6.92 Å². The van der Waals surface area contributed by atoms with Crippen LogP contribution in [0, 0.1) is 0 Å². The Balaban J connectivity index is 2.23. The minimum atomic E-state index is -0.304. The van der Waals surface area contributed by atoms with Gasteiger partial charge in [-0.25, -0.2) is 0 Å². The SMILES string of the molecule is CCOc1cccc(N)c1C(=O)Nc1ccc(OC)cc1. The van der Waals surface area contributed by atoms with E-state index in [2.05, 4.69) is 5.32 Å². The zero-order valence-corrected chi connectivity index (χ0v) is 12.1. The number of hydrogen-bond donors (Lipinski definition) is 2. The molecule has 110 valence electrons. The summed E-state index contributed by atoms with van der Waals surface area (Å²) in [5.41, 5.74) is 7.27. The highest BCUT2D eigenvalue weighted by molar-refractivity contribution is 6.09. The Bertz CT molecular complexity index is 624. The number of carbonyl (C=O) groups excluding carboxylic acids is 1. The lowest BCUT2D eigenvalue weighted by Crippen LogP contribution is -2.15. The topological polar surface area (TPSA) is 73.6 Å². The zero-order valence-electron chi connectivity index (χ0n) is 12.1. The molecule has 0 aliphatic carbocycles. The van der Waals surface area contributed by atoms with Crippen molar-refractivity contribution < 1.29 is 14.3 Å². The predicted molar refractivity (Wildman–Crippen MR) is 83.0 cm³/mol. The summed E-state index contributed by atoms with van der Waals surface area (Å²) in [7, 11) is 1.59. The number of amides is 1. The maximum Gasteiger partial charge on any atom is 0.261 e. The molecule has 5 nitrogen and oxygen atoms in total. The van der Waals surface area contributed by atoms with Gasteiger partial charge in [0.1, 0.15) is 17.1 Å². The van der Waals surface area contributed by atoms with Crippen molar-refractivity contribution in [2.24, 2.45) is 0 Å². The average Bonchev–Trinajstić information content (AvgIpc) is 2.48. The number of carbonyl (C=O) groups is 1. The second-order valence-electron chi connectivity index (χ2n) is 4.34. The van der Waals surface area contributed by atoms with Crippen LogP contribution in [-0.2, 0) is 0 Å². The summed E-state index contributed by atoms with van der Waals surface area (Å²) >= 11 is 0. The number of nitrogen functional groups attached to an aromatic ring is 1. The molecule has 21 heavy (non-hydrogen) atoms. The molecular weight excluding hydrogens is 268 g/mol. The van der Waals surface area contributed by atoms with E-state index >= 15 is 0 Å². The summed E-state index contributed by atoms with van der Waals surface area (Å²) < 4.78 is 10.5. The molecule has 0 unspecified atom stereocenters. The Kier molecular flexibility index (Phi) is 4.66. The lowest BCUT2D eigenvalue weighted by molar-refractivity contribution is 0.102. The Morgan fingerprint density at radius 1 is 1.19 bits per heavy atom. The molecule has 0 saturated heterocycles. The molecule has 0 saturated carbocycles. The van der Waals surface area contributed by atoms with Crippen LogP contribution >= 0.6 is 0 Å². The largest absolute Gasteiger partial charge is 0.497 e. The molecular formula is C16H18N2O3. The molecule has 0 fully saturated rings. The quantitative estimate of drug-likeness (QED) is 0.829. The van der Waals surface area contributed by atoms with Gasteiger partial charge in [0, 0.05) is 11.4 Å². The van der Waals surface area contributed by atoms with Gasteiger partial charge in [0.05, 0.1) is 13.7 Å². The van der Waals surface area contributed by atoms with Crippen molar-refractivity contribution in [1.29, 1.82) is 0 Å². The van der Waals surface area contributed by atoms with E-state index in [1.54, 1.807) is 49.6 Å². The second-order valence-corrected chi connectivity index (χ2v) is 4.34. The van der Waals surface area contributed by atoms with Crippen LogP contribution in [0.4, 0.5) is 11.4 Å². The molecule has 0 aliphatic heterocycles. The number of rotatable bonds is 5. The summed E-state index contributed by atoms with van der Waals surface area (Å²) in [5, 5.41) is 2.79. The standard InChI is InChI=1S/C16H18N2O3/c1-3-21-14-6-4-5-13(17)15(14)16(19)18-11-7-9-12(20-2)10-8-11/h4-10H,3,17H2,1-2H3,(H,18,19). The van der Waals surface area contributed by atoms with Crippen LogP contribution in [0.2, 0.25) is 0 Å². The van der Waals surface area contributed by atoms with E-state index in [0.29, 0.717) is 29.3 Å². The normalized spacial score (nSPS) is 10.0. The van der Waals surface area contributed by atoms with Crippen LogP contribution in [0.5, 0.6) is 11.5 Å². The molecule has 2 aromatic carbocycles. The number of nitrogens with two attached hydrogens (primary N) is 1. The molecule has 2 aromatic rings. The number of methoxy groups -OCH3 is 1. The van der Waals surface area contributed by atoms with Gasteiger partial charge in [-0.15, -0.1) is 0 Å². The Morgan fingerprint density at radius 2 is 1.90 bits per heavy atom. The third kappa shape index (κ3) is 3.45. The number of hydrogen-bond acceptors (Lipinski definition) is 4. The molecule has 3 N–H and O–H groups in total. The molecule has 5 heteroatoms. The maximum absolute atomic E-state index is 12.4. The Hall–Kier alpha value is -2.69. The highest BCUT2D eigenvalue weighted by Gasteiger charge is 2.16. The van der Waals surface area contributed by atoms with Crippen LogP contribution < -0.4 is 20.5 Å². The highest BCUT2D eigenvalue weighted by atomic mass is 16.5. The van der Waals surface area contributed by atoms with Crippen molar-refractivity contribution >= 4 is 17.3 Å². The van der Waals surface area contributed by atoms with Gasteiger partial charge in [-0.3, -0.25) is 4.79 Å². The van der Waals surface area contributed by atoms with Gasteiger partial charge >= 0.3 is 0 Å². The maximum atomic E-state index is 12.4. The van der Waals surface area contributed by atoms with Crippen molar-refractivity contribution in [2.45, 2.75) is 6.92 Å². The molecule has 0 bridgehead atoms. The summed E-state index contributed by atoms with van der Waals surface area (Å²) in [4.78, 5) is 12.4. The van der Waals surface area contributed by atoms with Gasteiger partial charge in [0.2, 0.25) is 0 Å². The number of ether oxygens (including phenoxy) is 2. The van der Waals surface area contributed by atoms with Crippen molar-refractivity contribution in [3.63, 3.8) is 0 Å². The van der Waals surface area contributed by atoms with Crippen molar-refractivity contribution in [2.75, 3.05) is 24.8 Å². The number of anilines is 2. The molecule has 0 heterocycles. The average molecular weight is 286 g/mol. The zero-order chi connectivity index (χ0) is 15.2. The van der Waals surface area contributed by atoms with Crippen molar-refractivity contribution in [3.05, 3.63) is 48.0 Å². The smallest absolute Gasteiger partial charge is 0.261 e. The monoisotopic (exact) mass is 286 g/mol. The lowest BCUT2D eigenvalue weighted by atomic mass is 10.1. The van der Waals surface area contributed by atoms with Gasteiger partial charge in [0.25, 0.3) is 5.91 Å². The van der Waals surface area contributed by atoms with Crippen LogP contribution in [0.3, 0.4) is 0 Å². The van der Waals surface area contributed by atoms with E-state index in [9.17, 15) is 4.79 Å². The van der Waals surface area contributed by atoms with Crippen molar-refractivity contribution in [3.8, 4) is 11.5 Å². The second kappa shape index (κ2) is 6.65. The van der Waals surface area contributed by atoms with Crippen LogP contribution in [0.1, 0.15) is 17.3 Å². The van der Waals surface area contributed by atoms with Gasteiger partial charge in [-0.2, -0.15) is 0 Å². The minimum absolute atomic E-state index is 0.304. The molecule has 0 spiro atoms. The fraction of sp³-hybridized carbons (Fsp3) is 0.188. The van der Waals surface area contributed by atoms with E-state index in [0.717, 1.165) is 5.75 Å². The minimum Gasteiger partial charge on any atom is -0.497 e. The molecule has 2 rings (SSSR count). The summed E-state index contributed by atoms with van der Waals surface area (Å²) in [6.07, 6.45) is 0. The third-order valence-corrected chi connectivity index (χ3v) is 2.93. The van der Waals surface area contributed by atoms with Gasteiger partial charge in [-0.1, -0.05) is 6.07 Å². The summed E-state index contributed by atoms with van der Waals surface area (Å²) in [6.45, 7) is 2.32. The summed E-state index contributed by atoms with van der Waals surface area (Å²) in [6, 6.07) is 12.2. The fourth-order valence-corrected chi connectivity index (χ4v) is 1.93. The first-order chi connectivity index (χ1) is 10.2. The molecule has 0 aromatic heterocycles. The van der Waals surface area contributed by atoms with E-state index < -0.39 is 0 Å². The Labute approximate surface area is 123 Å². The van der Waals surface area contributed by atoms with Gasteiger partial charge < -0.3 is 20.5 Å². The molecule has 0 aliphatic rings. The van der Waals surface area contributed by atoms with Crippen LogP contribution in [0.15, 0.2) is 42.5 Å². The molecule has 0 radical (unpaired) electrons. The van der Waals surface area contributed by atoms with E-state index in [-0.39, 0.29) is 5.91 Å². The number of benzene rings is 2. The third-order valence-electron chi connectivity index (χ3n) is 2.93. The highest BCUT2D eigenvalue weighted by Crippen LogP contribution is 2.26. The number of nitrogens with one attached hydrogen (secondary N) is 1. The van der Waals surface area contributed by atoms with Crippen LogP contribution in [0.25, 0.3) is 0 Å². The molecule has 1 amide bonds.